The molecule has 0 radical (unpaired) electrons. The highest BCUT2D eigenvalue weighted by Gasteiger charge is 1.99. The summed E-state index contributed by atoms with van der Waals surface area (Å²) >= 11 is 5.78. The van der Waals surface area contributed by atoms with Gasteiger partial charge in [0.05, 0.1) is 6.54 Å². The molecule has 0 saturated heterocycles. The Morgan fingerprint density at radius 3 is 2.52 bits per heavy atom. The van der Waals surface area contributed by atoms with Crippen molar-refractivity contribution in [2.45, 2.75) is 19.9 Å². The fraction of sp³-hybridized carbons (Fsp3) is 0.294. The molecule has 0 unspecified atom stereocenters. The lowest BCUT2D eigenvalue weighted by atomic mass is 10.2. The molecule has 0 aliphatic rings. The van der Waals surface area contributed by atoms with Gasteiger partial charge >= 0.3 is 0 Å². The molecule has 4 nitrogen and oxygen atoms in total. The van der Waals surface area contributed by atoms with Crippen molar-refractivity contribution in [1.82, 2.24) is 15.6 Å². The van der Waals surface area contributed by atoms with Gasteiger partial charge in [-0.05, 0) is 30.5 Å². The molecule has 2 aromatic rings. The van der Waals surface area contributed by atoms with Crippen molar-refractivity contribution in [1.29, 1.82) is 0 Å². The summed E-state index contributed by atoms with van der Waals surface area (Å²) in [7, 11) is 0. The third-order valence-corrected chi connectivity index (χ3v) is 3.33. The number of pyridine rings is 1. The second kappa shape index (κ2) is 11.2. The lowest BCUT2D eigenvalue weighted by Crippen LogP contribution is -2.38. The Bertz CT molecular complexity index is 587. The van der Waals surface area contributed by atoms with Crippen LogP contribution < -0.4 is 10.6 Å². The smallest absolute Gasteiger partial charge is 0.191 e. The van der Waals surface area contributed by atoms with E-state index in [4.69, 9.17) is 11.6 Å². The monoisotopic (exact) mass is 444 g/mol. The molecule has 23 heavy (non-hydrogen) atoms. The molecule has 124 valence electrons. The first kappa shape index (κ1) is 19.7. The largest absolute Gasteiger partial charge is 0.357 e. The van der Waals surface area contributed by atoms with E-state index < -0.39 is 0 Å². The number of hydrogen-bond donors (Lipinski definition) is 2. The maximum absolute atomic E-state index is 5.78. The first-order valence-electron chi connectivity index (χ1n) is 7.44. The van der Waals surface area contributed by atoms with Crippen molar-refractivity contribution in [3.63, 3.8) is 0 Å². The quantitative estimate of drug-likeness (QED) is 0.309. The van der Waals surface area contributed by atoms with Gasteiger partial charge in [0.2, 0.25) is 0 Å². The van der Waals surface area contributed by atoms with Gasteiger partial charge < -0.3 is 10.6 Å². The normalized spacial score (nSPS) is 10.8. The Kier molecular flexibility index (Phi) is 9.63. The highest BCUT2D eigenvalue weighted by atomic mass is 127. The second-order valence-corrected chi connectivity index (χ2v) is 5.23. The van der Waals surface area contributed by atoms with Crippen LogP contribution in [0.2, 0.25) is 5.15 Å². The predicted octanol–water partition coefficient (Wildman–Crippen LogP) is 3.65. The lowest BCUT2D eigenvalue weighted by molar-refractivity contribution is 0.798. The number of nitrogens with zero attached hydrogens (tertiary/aromatic N) is 2. The summed E-state index contributed by atoms with van der Waals surface area (Å²) in [6, 6.07) is 14.0. The molecule has 1 heterocycles. The van der Waals surface area contributed by atoms with Crippen molar-refractivity contribution < 1.29 is 0 Å². The van der Waals surface area contributed by atoms with Crippen LogP contribution in [0.5, 0.6) is 0 Å². The number of nitrogens with one attached hydrogen (secondary N) is 2. The Morgan fingerprint density at radius 1 is 1.09 bits per heavy atom. The summed E-state index contributed by atoms with van der Waals surface area (Å²) in [5, 5.41) is 7.11. The van der Waals surface area contributed by atoms with E-state index in [1.165, 1.54) is 5.56 Å². The van der Waals surface area contributed by atoms with Crippen molar-refractivity contribution in [3.8, 4) is 0 Å². The van der Waals surface area contributed by atoms with Crippen molar-refractivity contribution in [2.24, 2.45) is 4.99 Å². The van der Waals surface area contributed by atoms with Crippen LogP contribution in [0.4, 0.5) is 0 Å². The van der Waals surface area contributed by atoms with Gasteiger partial charge in [0.25, 0.3) is 0 Å². The Balaban J connectivity index is 0.00000264. The summed E-state index contributed by atoms with van der Waals surface area (Å²) in [5.74, 6) is 0.827. The zero-order chi connectivity index (χ0) is 15.6. The summed E-state index contributed by atoms with van der Waals surface area (Å²) in [5.41, 5.74) is 2.34. The summed E-state index contributed by atoms with van der Waals surface area (Å²) in [6.45, 7) is 4.36. The first-order chi connectivity index (χ1) is 10.8. The van der Waals surface area contributed by atoms with E-state index >= 15 is 0 Å². The Morgan fingerprint density at radius 2 is 1.87 bits per heavy atom. The highest BCUT2D eigenvalue weighted by Crippen LogP contribution is 2.05. The van der Waals surface area contributed by atoms with Crippen molar-refractivity contribution in [2.75, 3.05) is 13.1 Å². The number of guanidine groups is 1. The minimum atomic E-state index is 0. The molecule has 0 atom stereocenters. The summed E-state index contributed by atoms with van der Waals surface area (Å²) in [4.78, 5) is 8.67. The zero-order valence-corrected chi connectivity index (χ0v) is 16.2. The molecule has 2 N–H and O–H groups in total. The summed E-state index contributed by atoms with van der Waals surface area (Å²) < 4.78 is 0. The van der Waals surface area contributed by atoms with Crippen LogP contribution >= 0.6 is 35.6 Å². The number of halogens is 2. The van der Waals surface area contributed by atoms with Gasteiger partial charge in [-0.3, -0.25) is 0 Å². The van der Waals surface area contributed by atoms with Crippen LogP contribution in [0.25, 0.3) is 0 Å². The SMILES string of the molecule is CCNC(=NCc1ccccc1)NCCc1ccc(Cl)nc1.I. The molecule has 0 amide bonds. The molecule has 0 fully saturated rings. The third-order valence-electron chi connectivity index (χ3n) is 3.10. The lowest BCUT2D eigenvalue weighted by Gasteiger charge is -2.11. The van der Waals surface area contributed by atoms with Crippen molar-refractivity contribution in [3.05, 3.63) is 64.9 Å². The molecular weight excluding hydrogens is 423 g/mol. The van der Waals surface area contributed by atoms with Crippen LogP contribution in [-0.4, -0.2) is 24.0 Å². The van der Waals surface area contributed by atoms with Gasteiger partial charge in [-0.25, -0.2) is 9.98 Å². The average molecular weight is 445 g/mol. The fourth-order valence-corrected chi connectivity index (χ4v) is 2.09. The maximum Gasteiger partial charge on any atom is 0.191 e. The maximum atomic E-state index is 5.78. The van der Waals surface area contributed by atoms with Crippen LogP contribution in [0.1, 0.15) is 18.1 Å². The van der Waals surface area contributed by atoms with E-state index in [0.29, 0.717) is 11.7 Å². The fourth-order valence-electron chi connectivity index (χ4n) is 1.98. The molecule has 2 rings (SSSR count). The van der Waals surface area contributed by atoms with Gasteiger partial charge in [0.15, 0.2) is 5.96 Å². The molecule has 0 bridgehead atoms. The highest BCUT2D eigenvalue weighted by molar-refractivity contribution is 14.0. The number of hydrogen-bond acceptors (Lipinski definition) is 2. The van der Waals surface area contributed by atoms with E-state index in [0.717, 1.165) is 31.0 Å². The molecular formula is C17H22ClIN4. The Labute approximate surface area is 159 Å². The minimum absolute atomic E-state index is 0. The number of rotatable bonds is 6. The topological polar surface area (TPSA) is 49.3 Å². The van der Waals surface area contributed by atoms with Gasteiger partial charge in [-0.15, -0.1) is 24.0 Å². The first-order valence-corrected chi connectivity index (χ1v) is 7.82. The summed E-state index contributed by atoms with van der Waals surface area (Å²) in [6.07, 6.45) is 2.68. The second-order valence-electron chi connectivity index (χ2n) is 4.85. The number of aromatic nitrogens is 1. The zero-order valence-electron chi connectivity index (χ0n) is 13.1. The van der Waals surface area contributed by atoms with Crippen LogP contribution in [-0.2, 0) is 13.0 Å². The number of benzene rings is 1. The van der Waals surface area contributed by atoms with E-state index in [9.17, 15) is 0 Å². The van der Waals surface area contributed by atoms with Gasteiger partial charge in [0, 0.05) is 19.3 Å². The van der Waals surface area contributed by atoms with Crippen molar-refractivity contribution >= 4 is 41.5 Å². The van der Waals surface area contributed by atoms with Crippen LogP contribution in [0.15, 0.2) is 53.7 Å². The van der Waals surface area contributed by atoms with Crippen LogP contribution in [0.3, 0.4) is 0 Å². The molecule has 0 aliphatic heterocycles. The molecule has 0 saturated carbocycles. The number of aliphatic imine (C=N–C) groups is 1. The van der Waals surface area contributed by atoms with E-state index in [1.54, 1.807) is 6.20 Å². The van der Waals surface area contributed by atoms with Gasteiger partial charge in [-0.2, -0.15) is 0 Å². The average Bonchev–Trinajstić information content (AvgIpc) is 2.55. The third kappa shape index (κ3) is 7.65. The standard InChI is InChI=1S/C17H21ClN4.HI/c1-2-19-17(22-13-14-6-4-3-5-7-14)20-11-10-15-8-9-16(18)21-12-15;/h3-9,12H,2,10-11,13H2,1H3,(H2,19,20,22);1H. The molecule has 0 aliphatic carbocycles. The van der Waals surface area contributed by atoms with E-state index in [2.05, 4.69) is 39.7 Å². The molecule has 1 aromatic carbocycles. The Hall–Kier alpha value is -1.34. The van der Waals surface area contributed by atoms with Gasteiger partial charge in [-0.1, -0.05) is 48.0 Å². The van der Waals surface area contributed by atoms with Gasteiger partial charge in [0.1, 0.15) is 5.15 Å². The van der Waals surface area contributed by atoms with Crippen LogP contribution in [0, 0.1) is 0 Å². The minimum Gasteiger partial charge on any atom is -0.357 e. The predicted molar refractivity (Wildman–Crippen MR) is 108 cm³/mol. The van der Waals surface area contributed by atoms with E-state index in [-0.39, 0.29) is 24.0 Å². The molecule has 6 heteroatoms. The molecule has 1 aromatic heterocycles. The van der Waals surface area contributed by atoms with E-state index in [1.807, 2.05) is 30.3 Å². The molecule has 0 spiro atoms.